The highest BCUT2D eigenvalue weighted by Crippen LogP contribution is 2.33. The van der Waals surface area contributed by atoms with Crippen molar-refractivity contribution in [1.29, 1.82) is 0 Å². The van der Waals surface area contributed by atoms with Gasteiger partial charge in [-0.25, -0.2) is 0 Å². The molecule has 0 aliphatic heterocycles. The molecule has 0 saturated heterocycles. The van der Waals surface area contributed by atoms with Crippen LogP contribution in [0.3, 0.4) is 0 Å². The van der Waals surface area contributed by atoms with Crippen LogP contribution in [-0.2, 0) is 6.42 Å². The molecule has 0 saturated carbocycles. The molecule has 0 N–H and O–H groups in total. The lowest BCUT2D eigenvalue weighted by Crippen LogP contribution is -2.24. The fraction of sp³-hybridized carbons (Fsp3) is 0.211. The normalized spacial score (nSPS) is 13.8. The van der Waals surface area contributed by atoms with E-state index in [0.29, 0.717) is 10.6 Å². The van der Waals surface area contributed by atoms with Crippen LogP contribution in [0.4, 0.5) is 32.0 Å². The average molecular weight is 406 g/mol. The molecule has 8 heteroatoms. The second kappa shape index (κ2) is 8.17. The van der Waals surface area contributed by atoms with Crippen molar-refractivity contribution in [2.75, 3.05) is 0 Å². The summed E-state index contributed by atoms with van der Waals surface area (Å²) < 4.78 is 78.3. The Morgan fingerprint density at radius 3 is 1.96 bits per heavy atom. The first-order valence-electron chi connectivity index (χ1n) is 7.70. The SMILES string of the molecule is Cc1ccc(N=C(Cc2ccc(Cl)cc2)/C(=C\C(F)(F)F)C(F)(F)F)cc1. The molecule has 0 spiro atoms. The summed E-state index contributed by atoms with van der Waals surface area (Å²) in [5, 5.41) is 0.359. The van der Waals surface area contributed by atoms with Gasteiger partial charge in [-0.05, 0) is 36.8 Å². The molecule has 0 amide bonds. The highest BCUT2D eigenvalue weighted by Gasteiger charge is 2.41. The van der Waals surface area contributed by atoms with Gasteiger partial charge < -0.3 is 0 Å². The van der Waals surface area contributed by atoms with E-state index in [1.54, 1.807) is 19.1 Å². The maximum absolute atomic E-state index is 13.4. The zero-order valence-electron chi connectivity index (χ0n) is 14.0. The van der Waals surface area contributed by atoms with E-state index in [0.717, 1.165) is 5.56 Å². The molecule has 0 unspecified atom stereocenters. The minimum Gasteiger partial charge on any atom is -0.252 e. The van der Waals surface area contributed by atoms with E-state index >= 15 is 0 Å². The Morgan fingerprint density at radius 1 is 0.926 bits per heavy atom. The molecule has 2 aromatic rings. The number of hydrogen-bond donors (Lipinski definition) is 0. The third kappa shape index (κ3) is 6.75. The van der Waals surface area contributed by atoms with Crippen LogP contribution in [0, 0.1) is 6.92 Å². The molecule has 0 fully saturated rings. The third-order valence-corrected chi connectivity index (χ3v) is 3.76. The zero-order valence-corrected chi connectivity index (χ0v) is 14.8. The van der Waals surface area contributed by atoms with Gasteiger partial charge in [-0.15, -0.1) is 0 Å². The van der Waals surface area contributed by atoms with E-state index < -0.39 is 36.1 Å². The van der Waals surface area contributed by atoms with Gasteiger partial charge in [0.25, 0.3) is 0 Å². The molecule has 0 aliphatic carbocycles. The molecular weight excluding hydrogens is 392 g/mol. The largest absolute Gasteiger partial charge is 0.418 e. The summed E-state index contributed by atoms with van der Waals surface area (Å²) in [4.78, 5) is 3.86. The third-order valence-electron chi connectivity index (χ3n) is 3.51. The molecule has 144 valence electrons. The van der Waals surface area contributed by atoms with Crippen LogP contribution in [0.25, 0.3) is 0 Å². The average Bonchev–Trinajstić information content (AvgIpc) is 2.54. The summed E-state index contributed by atoms with van der Waals surface area (Å²) in [5.74, 6) is 0. The molecular formula is C19H14ClF6N. The summed E-state index contributed by atoms with van der Waals surface area (Å²) in [5.41, 5.74) is -1.24. The van der Waals surface area contributed by atoms with Crippen LogP contribution in [0.1, 0.15) is 11.1 Å². The van der Waals surface area contributed by atoms with Crippen LogP contribution < -0.4 is 0 Å². The molecule has 0 aromatic heterocycles. The van der Waals surface area contributed by atoms with E-state index in [1.807, 2.05) is 0 Å². The van der Waals surface area contributed by atoms with Gasteiger partial charge in [0.05, 0.1) is 17.0 Å². The van der Waals surface area contributed by atoms with Crippen LogP contribution in [0.2, 0.25) is 5.02 Å². The maximum Gasteiger partial charge on any atom is 0.418 e. The van der Waals surface area contributed by atoms with E-state index in [2.05, 4.69) is 4.99 Å². The summed E-state index contributed by atoms with van der Waals surface area (Å²) in [6.07, 6.45) is -11.5. The molecule has 0 aliphatic rings. The highest BCUT2D eigenvalue weighted by atomic mass is 35.5. The fourth-order valence-corrected chi connectivity index (χ4v) is 2.38. The highest BCUT2D eigenvalue weighted by molar-refractivity contribution is 6.30. The van der Waals surface area contributed by atoms with Crippen molar-refractivity contribution in [2.24, 2.45) is 4.99 Å². The number of nitrogens with zero attached hydrogens (tertiary/aromatic N) is 1. The Kier molecular flexibility index (Phi) is 6.36. The van der Waals surface area contributed by atoms with E-state index in [1.165, 1.54) is 36.4 Å². The van der Waals surface area contributed by atoms with Crippen LogP contribution >= 0.6 is 11.6 Å². The number of hydrogen-bond acceptors (Lipinski definition) is 1. The molecule has 0 bridgehead atoms. The summed E-state index contributed by atoms with van der Waals surface area (Å²) >= 11 is 5.74. The first-order chi connectivity index (χ1) is 12.4. The molecule has 0 radical (unpaired) electrons. The standard InChI is InChI=1S/C19H14ClF6N/c1-12-2-8-15(9-3-12)27-17(10-13-4-6-14(20)7-5-13)16(19(24,25)26)11-18(21,22)23/h2-9,11H,10H2,1H3/b16-11+,27-17?. The molecule has 27 heavy (non-hydrogen) atoms. The Labute approximate surface area is 157 Å². The smallest absolute Gasteiger partial charge is 0.252 e. The summed E-state index contributed by atoms with van der Waals surface area (Å²) in [7, 11) is 0. The van der Waals surface area contributed by atoms with Crippen molar-refractivity contribution in [3.8, 4) is 0 Å². The second-order valence-electron chi connectivity index (χ2n) is 5.79. The minimum absolute atomic E-state index is 0.127. The van der Waals surface area contributed by atoms with Gasteiger partial charge >= 0.3 is 12.4 Å². The van der Waals surface area contributed by atoms with Crippen molar-refractivity contribution >= 4 is 23.0 Å². The van der Waals surface area contributed by atoms with Gasteiger partial charge in [-0.1, -0.05) is 41.4 Å². The van der Waals surface area contributed by atoms with Crippen LogP contribution in [0.15, 0.2) is 65.2 Å². The number of aliphatic imine (C=N–C) groups is 1. The Morgan fingerprint density at radius 2 is 1.48 bits per heavy atom. The van der Waals surface area contributed by atoms with Crippen molar-refractivity contribution in [3.63, 3.8) is 0 Å². The maximum atomic E-state index is 13.4. The van der Waals surface area contributed by atoms with Gasteiger partial charge in [-0.2, -0.15) is 26.3 Å². The number of aryl methyl sites for hydroxylation is 1. The van der Waals surface area contributed by atoms with Crippen molar-refractivity contribution in [3.05, 3.63) is 76.3 Å². The first-order valence-corrected chi connectivity index (χ1v) is 8.08. The second-order valence-corrected chi connectivity index (χ2v) is 6.23. The van der Waals surface area contributed by atoms with Gasteiger partial charge in [0.15, 0.2) is 0 Å². The molecule has 1 nitrogen and oxygen atoms in total. The van der Waals surface area contributed by atoms with Gasteiger partial charge in [-0.3, -0.25) is 4.99 Å². The number of halogens is 7. The fourth-order valence-electron chi connectivity index (χ4n) is 2.26. The topological polar surface area (TPSA) is 12.4 Å². The lowest BCUT2D eigenvalue weighted by molar-refractivity contribution is -0.103. The number of alkyl halides is 6. The Balaban J connectivity index is 2.57. The number of rotatable bonds is 4. The molecule has 2 aromatic carbocycles. The minimum atomic E-state index is -5.22. The monoisotopic (exact) mass is 405 g/mol. The van der Waals surface area contributed by atoms with E-state index in [9.17, 15) is 26.3 Å². The van der Waals surface area contributed by atoms with E-state index in [-0.39, 0.29) is 5.69 Å². The number of benzene rings is 2. The molecule has 0 heterocycles. The van der Waals surface area contributed by atoms with Crippen molar-refractivity contribution < 1.29 is 26.3 Å². The Hall–Kier alpha value is -2.28. The zero-order chi connectivity index (χ0) is 20.2. The quantitative estimate of drug-likeness (QED) is 0.383. The summed E-state index contributed by atoms with van der Waals surface area (Å²) in [6.45, 7) is 1.77. The van der Waals surface area contributed by atoms with Gasteiger partial charge in [0.2, 0.25) is 0 Å². The van der Waals surface area contributed by atoms with Crippen molar-refractivity contribution in [1.82, 2.24) is 0 Å². The van der Waals surface area contributed by atoms with Gasteiger partial charge in [0.1, 0.15) is 0 Å². The first kappa shape index (κ1) is 21.0. The predicted octanol–water partition coefficient (Wildman–Crippen LogP) is 7.01. The Bertz CT molecular complexity index is 830. The van der Waals surface area contributed by atoms with Crippen LogP contribution in [-0.4, -0.2) is 18.1 Å². The molecule has 2 rings (SSSR count). The van der Waals surface area contributed by atoms with Crippen molar-refractivity contribution in [2.45, 2.75) is 25.7 Å². The molecule has 0 atom stereocenters. The summed E-state index contributed by atoms with van der Waals surface area (Å²) in [6, 6.07) is 11.9. The van der Waals surface area contributed by atoms with Crippen LogP contribution in [0.5, 0.6) is 0 Å². The predicted molar refractivity (Wildman–Crippen MR) is 93.6 cm³/mol. The lowest BCUT2D eigenvalue weighted by atomic mass is 10.0. The number of allylic oxidation sites excluding steroid dienone is 2. The van der Waals surface area contributed by atoms with Gasteiger partial charge in [0, 0.05) is 17.5 Å². The lowest BCUT2D eigenvalue weighted by Gasteiger charge is -2.16. The van der Waals surface area contributed by atoms with E-state index in [4.69, 9.17) is 11.6 Å².